The number of likely N-dealkylation sites (tertiary alicyclic amines) is 1. The van der Waals surface area contributed by atoms with E-state index in [0.29, 0.717) is 25.3 Å². The first-order valence-electron chi connectivity index (χ1n) is 13.2. The van der Waals surface area contributed by atoms with Crippen molar-refractivity contribution in [3.63, 3.8) is 0 Å². The van der Waals surface area contributed by atoms with Crippen molar-refractivity contribution in [3.05, 3.63) is 64.7 Å². The fourth-order valence-corrected chi connectivity index (χ4v) is 6.41. The minimum Gasteiger partial charge on any atom is -0.468 e. The van der Waals surface area contributed by atoms with Crippen molar-refractivity contribution in [2.75, 3.05) is 19.4 Å². The summed E-state index contributed by atoms with van der Waals surface area (Å²) in [5, 5.41) is 2.63. The molecule has 8 nitrogen and oxygen atoms in total. The van der Waals surface area contributed by atoms with E-state index < -0.39 is 68.8 Å². The molecule has 0 spiro atoms. The number of halogens is 5. The smallest absolute Gasteiger partial charge is 0.419 e. The number of ether oxygens (including phenoxy) is 1. The zero-order valence-electron chi connectivity index (χ0n) is 22.7. The molecule has 2 aromatic rings. The fourth-order valence-electron chi connectivity index (χ4n) is 5.22. The van der Waals surface area contributed by atoms with E-state index in [-0.39, 0.29) is 46.9 Å². The molecule has 1 aliphatic carbocycles. The highest BCUT2D eigenvalue weighted by molar-refractivity contribution is 7.92. The quantitative estimate of drug-likeness (QED) is 0.330. The molecule has 2 amide bonds. The Hall–Kier alpha value is -3.55. The number of alkyl halides is 3. The van der Waals surface area contributed by atoms with Crippen molar-refractivity contribution in [3.8, 4) is 0 Å². The largest absolute Gasteiger partial charge is 0.468 e. The zero-order valence-corrected chi connectivity index (χ0v) is 23.5. The third kappa shape index (κ3) is 7.08. The van der Waals surface area contributed by atoms with Crippen LogP contribution in [0.1, 0.15) is 60.1 Å². The molecule has 3 atom stereocenters. The SMILES string of the molecule is COC(=O)CS(=O)(=O)c1cccc(C(=O)N2C[C@H](C)C[C@@H]2CC(=O)N[C@@H](c2cc(F)c(C(F)(F)F)cc2F)C2CC2)c1. The van der Waals surface area contributed by atoms with Gasteiger partial charge in [-0.1, -0.05) is 13.0 Å². The Bertz CT molecular complexity index is 1490. The predicted octanol–water partition coefficient (Wildman–Crippen LogP) is 4.44. The summed E-state index contributed by atoms with van der Waals surface area (Å²) in [5.74, 6) is -6.23. The molecule has 2 aromatic carbocycles. The van der Waals surface area contributed by atoms with Crippen LogP contribution in [0, 0.1) is 23.5 Å². The molecule has 0 unspecified atom stereocenters. The van der Waals surface area contributed by atoms with E-state index in [1.807, 2.05) is 6.92 Å². The second-order valence-corrected chi connectivity index (χ2v) is 12.7. The van der Waals surface area contributed by atoms with Crippen molar-refractivity contribution < 1.29 is 49.5 Å². The Balaban J connectivity index is 1.50. The fraction of sp³-hybridized carbons (Fsp3) is 0.464. The first-order valence-corrected chi connectivity index (χ1v) is 14.8. The van der Waals surface area contributed by atoms with E-state index in [2.05, 4.69) is 10.1 Å². The van der Waals surface area contributed by atoms with Crippen LogP contribution in [0.3, 0.4) is 0 Å². The molecular formula is C28H29F5N2O6S. The van der Waals surface area contributed by atoms with Crippen molar-refractivity contribution >= 4 is 27.6 Å². The molecule has 0 aromatic heterocycles. The van der Waals surface area contributed by atoms with Gasteiger partial charge >= 0.3 is 12.1 Å². The third-order valence-electron chi connectivity index (χ3n) is 7.42. The van der Waals surface area contributed by atoms with E-state index in [1.54, 1.807) is 0 Å². The molecule has 1 saturated heterocycles. The lowest BCUT2D eigenvalue weighted by Crippen LogP contribution is -2.40. The highest BCUT2D eigenvalue weighted by Gasteiger charge is 2.40. The maximum atomic E-state index is 14.7. The Morgan fingerprint density at radius 3 is 2.40 bits per heavy atom. The number of nitrogens with one attached hydrogen (secondary N) is 1. The van der Waals surface area contributed by atoms with Crippen LogP contribution < -0.4 is 5.32 Å². The van der Waals surface area contributed by atoms with Gasteiger partial charge in [-0.05, 0) is 61.4 Å². The summed E-state index contributed by atoms with van der Waals surface area (Å²) in [5.41, 5.74) is -2.09. The summed E-state index contributed by atoms with van der Waals surface area (Å²) in [7, 11) is -3.03. The van der Waals surface area contributed by atoms with E-state index in [4.69, 9.17) is 0 Å². The van der Waals surface area contributed by atoms with Gasteiger partial charge in [-0.15, -0.1) is 0 Å². The summed E-state index contributed by atoms with van der Waals surface area (Å²) >= 11 is 0. The van der Waals surface area contributed by atoms with Crippen LogP contribution in [0.2, 0.25) is 0 Å². The maximum Gasteiger partial charge on any atom is 0.419 e. The molecule has 2 aliphatic rings. The number of hydrogen-bond acceptors (Lipinski definition) is 6. The van der Waals surface area contributed by atoms with Gasteiger partial charge < -0.3 is 15.0 Å². The lowest BCUT2D eigenvalue weighted by molar-refractivity contribution is -0.140. The predicted molar refractivity (Wildman–Crippen MR) is 139 cm³/mol. The molecule has 14 heteroatoms. The van der Waals surface area contributed by atoms with E-state index in [0.717, 1.165) is 13.2 Å². The number of amides is 2. The summed E-state index contributed by atoms with van der Waals surface area (Å²) in [6.45, 7) is 2.13. The number of hydrogen-bond donors (Lipinski definition) is 1. The summed E-state index contributed by atoms with van der Waals surface area (Å²) in [6, 6.07) is 4.05. The van der Waals surface area contributed by atoms with Gasteiger partial charge in [0, 0.05) is 30.1 Å². The number of carbonyl (C=O) groups is 3. The molecule has 228 valence electrons. The van der Waals surface area contributed by atoms with Gasteiger partial charge in [0.25, 0.3) is 5.91 Å². The molecule has 4 rings (SSSR count). The molecular weight excluding hydrogens is 587 g/mol. The maximum absolute atomic E-state index is 14.7. The van der Waals surface area contributed by atoms with Crippen LogP contribution in [0.4, 0.5) is 22.0 Å². The number of esters is 1. The topological polar surface area (TPSA) is 110 Å². The molecule has 0 bridgehead atoms. The number of benzene rings is 2. The monoisotopic (exact) mass is 616 g/mol. The average molecular weight is 617 g/mol. The van der Waals surface area contributed by atoms with Gasteiger partial charge in [0.2, 0.25) is 5.91 Å². The van der Waals surface area contributed by atoms with E-state index in [9.17, 15) is 44.8 Å². The van der Waals surface area contributed by atoms with Crippen molar-refractivity contribution in [1.82, 2.24) is 10.2 Å². The van der Waals surface area contributed by atoms with Crippen LogP contribution in [0.5, 0.6) is 0 Å². The van der Waals surface area contributed by atoms with Crippen LogP contribution in [-0.4, -0.2) is 56.6 Å². The third-order valence-corrected chi connectivity index (χ3v) is 9.01. The van der Waals surface area contributed by atoms with Crippen molar-refractivity contribution in [2.24, 2.45) is 11.8 Å². The van der Waals surface area contributed by atoms with Crippen molar-refractivity contribution in [1.29, 1.82) is 0 Å². The molecule has 42 heavy (non-hydrogen) atoms. The first-order chi connectivity index (χ1) is 19.6. The van der Waals surface area contributed by atoms with Gasteiger partial charge in [0.05, 0.1) is 23.6 Å². The highest BCUT2D eigenvalue weighted by Crippen LogP contribution is 2.43. The van der Waals surface area contributed by atoms with Gasteiger partial charge in [-0.2, -0.15) is 13.2 Å². The number of nitrogens with zero attached hydrogens (tertiary/aromatic N) is 1. The van der Waals surface area contributed by atoms with Gasteiger partial charge in [-0.25, -0.2) is 17.2 Å². The number of carbonyl (C=O) groups excluding carboxylic acids is 3. The van der Waals surface area contributed by atoms with Crippen LogP contribution in [0.15, 0.2) is 41.3 Å². The summed E-state index contributed by atoms with van der Waals surface area (Å²) < 4.78 is 97.6. The normalized spacial score (nSPS) is 19.8. The van der Waals surface area contributed by atoms with Crippen LogP contribution >= 0.6 is 0 Å². The second-order valence-electron chi connectivity index (χ2n) is 10.8. The van der Waals surface area contributed by atoms with Crippen LogP contribution in [0.25, 0.3) is 0 Å². The lowest BCUT2D eigenvalue weighted by Gasteiger charge is -2.26. The molecule has 1 saturated carbocycles. The minimum absolute atomic E-state index is 0.0151. The molecule has 2 fully saturated rings. The molecule has 1 aliphatic heterocycles. The Kier molecular flexibility index (Phi) is 8.95. The molecule has 1 N–H and O–H groups in total. The van der Waals surface area contributed by atoms with E-state index >= 15 is 0 Å². The number of rotatable bonds is 9. The summed E-state index contributed by atoms with van der Waals surface area (Å²) in [6.07, 6.45) is -3.75. The summed E-state index contributed by atoms with van der Waals surface area (Å²) in [4.78, 5) is 39.2. The van der Waals surface area contributed by atoms with Gasteiger partial charge in [0.15, 0.2) is 15.6 Å². The highest BCUT2D eigenvalue weighted by atomic mass is 32.2. The standard InChI is InChI=1S/C28H29F5N2O6S/c1-15-8-18(35(13-15)27(38)17-4-3-5-19(9-17)42(39,40)14-25(37)41-2)10-24(36)34-26(16-6-7-16)20-11-23(30)21(12-22(20)29)28(31,32)33/h3-5,9,11-12,15-16,18,26H,6-8,10,13-14H2,1-2H3,(H,34,36)/t15-,18-,26-/m1/s1. The number of sulfone groups is 1. The zero-order chi connectivity index (χ0) is 31.0. The second kappa shape index (κ2) is 12.0. The Morgan fingerprint density at radius 2 is 1.79 bits per heavy atom. The molecule has 1 heterocycles. The molecule has 0 radical (unpaired) electrons. The minimum atomic E-state index is -5.08. The number of methoxy groups -OCH3 is 1. The Labute approximate surface area is 239 Å². The Morgan fingerprint density at radius 1 is 1.10 bits per heavy atom. The average Bonchev–Trinajstić information content (AvgIpc) is 3.69. The van der Waals surface area contributed by atoms with Crippen molar-refractivity contribution in [2.45, 2.75) is 55.8 Å². The van der Waals surface area contributed by atoms with Crippen LogP contribution in [-0.2, 0) is 30.3 Å². The van der Waals surface area contributed by atoms with E-state index in [1.165, 1.54) is 23.1 Å². The lowest BCUT2D eigenvalue weighted by atomic mass is 9.98. The van der Waals surface area contributed by atoms with Gasteiger partial charge in [-0.3, -0.25) is 14.4 Å². The van der Waals surface area contributed by atoms with Gasteiger partial charge in [0.1, 0.15) is 11.6 Å². The first kappa shape index (κ1) is 31.4.